The summed E-state index contributed by atoms with van der Waals surface area (Å²) in [5.41, 5.74) is 1.16. The molecule has 3 aromatic heterocycles. The average Bonchev–Trinajstić information content (AvgIpc) is 3.13. The number of carbonyl (C=O) groups is 1. The van der Waals surface area contributed by atoms with Gasteiger partial charge in [0.1, 0.15) is 16.1 Å². The zero-order valence-electron chi connectivity index (χ0n) is 16.4. The lowest BCUT2D eigenvalue weighted by atomic mass is 9.95. The van der Waals surface area contributed by atoms with Crippen LogP contribution in [0.15, 0.2) is 17.2 Å². The lowest BCUT2D eigenvalue weighted by Gasteiger charge is -2.28. The molecule has 1 atom stereocenters. The molecule has 9 nitrogen and oxygen atoms in total. The third-order valence-electron chi connectivity index (χ3n) is 5.56. The minimum Gasteiger partial charge on any atom is -0.378 e. The van der Waals surface area contributed by atoms with E-state index >= 15 is 0 Å². The monoisotopic (exact) mass is 425 g/mol. The molecule has 5 heterocycles. The largest absolute Gasteiger partial charge is 0.378 e. The van der Waals surface area contributed by atoms with Gasteiger partial charge in [0.05, 0.1) is 43.4 Å². The molecule has 5 rings (SSSR count). The van der Waals surface area contributed by atoms with E-state index < -0.39 is 5.60 Å². The van der Waals surface area contributed by atoms with E-state index in [0.717, 1.165) is 16.6 Å². The van der Waals surface area contributed by atoms with Gasteiger partial charge in [-0.25, -0.2) is 9.97 Å². The first-order chi connectivity index (χ1) is 14.5. The molecule has 1 unspecified atom stereocenters. The molecule has 10 heteroatoms. The molecule has 0 aromatic carbocycles. The molecular formula is C20H19N5O4S. The van der Waals surface area contributed by atoms with Gasteiger partial charge in [-0.2, -0.15) is 5.26 Å². The number of aromatic nitrogens is 3. The lowest BCUT2D eigenvalue weighted by Crippen LogP contribution is -2.43. The molecule has 1 saturated heterocycles. The van der Waals surface area contributed by atoms with Gasteiger partial charge in [-0.1, -0.05) is 0 Å². The normalized spacial score (nSPS) is 21.5. The van der Waals surface area contributed by atoms with Crippen LogP contribution in [0, 0.1) is 11.3 Å². The number of morpholine rings is 1. The summed E-state index contributed by atoms with van der Waals surface area (Å²) < 4.78 is 12.8. The molecule has 0 spiro atoms. The quantitative estimate of drug-likeness (QED) is 0.607. The van der Waals surface area contributed by atoms with Crippen molar-refractivity contribution in [3.8, 4) is 6.07 Å². The van der Waals surface area contributed by atoms with Crippen LogP contribution in [0.25, 0.3) is 20.4 Å². The van der Waals surface area contributed by atoms with E-state index in [9.17, 15) is 14.9 Å². The standard InChI is InChI=1S/C20H19N5O4S/c1-20(10-21)7-14-12(9-29-20)6-13-16-17(30-18(13)23-14)19(27)25(11-22-16)8-15(26)24-2-4-28-5-3-24/h6,11H,2-5,7-9H2,1H3. The second-order valence-corrected chi connectivity index (χ2v) is 8.70. The van der Waals surface area contributed by atoms with E-state index in [1.54, 1.807) is 11.8 Å². The fourth-order valence-corrected chi connectivity index (χ4v) is 4.88. The molecule has 3 aromatic rings. The fraction of sp³-hybridized carbons (Fsp3) is 0.450. The first kappa shape index (κ1) is 19.1. The summed E-state index contributed by atoms with van der Waals surface area (Å²) in [4.78, 5) is 37.1. The summed E-state index contributed by atoms with van der Waals surface area (Å²) >= 11 is 1.27. The van der Waals surface area contributed by atoms with Crippen LogP contribution in [0.4, 0.5) is 0 Å². The Morgan fingerprint density at radius 2 is 2.20 bits per heavy atom. The maximum Gasteiger partial charge on any atom is 0.271 e. The van der Waals surface area contributed by atoms with Crippen LogP contribution in [-0.2, 0) is 33.8 Å². The van der Waals surface area contributed by atoms with E-state index in [1.807, 2.05) is 6.07 Å². The van der Waals surface area contributed by atoms with E-state index in [-0.39, 0.29) is 18.0 Å². The first-order valence-corrected chi connectivity index (χ1v) is 10.5. The SMILES string of the molecule is CC1(C#N)Cc2nc3sc4c(=O)n(CC(=O)N5CCOCC5)cnc4c3cc2CO1. The van der Waals surface area contributed by atoms with E-state index in [2.05, 4.69) is 11.1 Å². The maximum absolute atomic E-state index is 13.0. The number of ether oxygens (including phenoxy) is 2. The van der Waals surface area contributed by atoms with Crippen LogP contribution in [-0.4, -0.2) is 57.2 Å². The summed E-state index contributed by atoms with van der Waals surface area (Å²) in [6.45, 7) is 4.09. The lowest BCUT2D eigenvalue weighted by molar-refractivity contribution is -0.135. The zero-order valence-corrected chi connectivity index (χ0v) is 17.2. The van der Waals surface area contributed by atoms with Gasteiger partial charge in [-0.15, -0.1) is 11.3 Å². The molecule has 0 radical (unpaired) electrons. The van der Waals surface area contributed by atoms with Crippen LogP contribution >= 0.6 is 11.3 Å². The van der Waals surface area contributed by atoms with Crippen molar-refractivity contribution in [3.05, 3.63) is 34.0 Å². The van der Waals surface area contributed by atoms with Crippen molar-refractivity contribution < 1.29 is 14.3 Å². The highest BCUT2D eigenvalue weighted by Crippen LogP contribution is 2.34. The predicted molar refractivity (Wildman–Crippen MR) is 109 cm³/mol. The maximum atomic E-state index is 13.0. The van der Waals surface area contributed by atoms with Crippen LogP contribution < -0.4 is 5.56 Å². The highest BCUT2D eigenvalue weighted by atomic mass is 32.1. The Morgan fingerprint density at radius 1 is 1.40 bits per heavy atom. The molecule has 1 amide bonds. The smallest absolute Gasteiger partial charge is 0.271 e. The molecule has 0 bridgehead atoms. The van der Waals surface area contributed by atoms with Crippen molar-refractivity contribution in [2.24, 2.45) is 0 Å². The van der Waals surface area contributed by atoms with E-state index in [4.69, 9.17) is 14.5 Å². The van der Waals surface area contributed by atoms with E-state index in [0.29, 0.717) is 54.4 Å². The Bertz CT molecular complexity index is 1270. The Morgan fingerprint density at radius 3 is 2.97 bits per heavy atom. The number of hydrogen-bond acceptors (Lipinski definition) is 8. The summed E-state index contributed by atoms with van der Waals surface area (Å²) in [5.74, 6) is -0.121. The second-order valence-electron chi connectivity index (χ2n) is 7.71. The second kappa shape index (κ2) is 7.12. The molecule has 2 aliphatic rings. The Kier molecular flexibility index (Phi) is 4.54. The molecule has 0 N–H and O–H groups in total. The van der Waals surface area contributed by atoms with Crippen molar-refractivity contribution in [2.45, 2.75) is 32.1 Å². The van der Waals surface area contributed by atoms with Crippen LogP contribution in [0.3, 0.4) is 0 Å². The van der Waals surface area contributed by atoms with Crippen LogP contribution in [0.1, 0.15) is 18.2 Å². The molecule has 154 valence electrons. The minimum absolute atomic E-state index is 0.0473. The van der Waals surface area contributed by atoms with Gasteiger partial charge in [0.25, 0.3) is 5.56 Å². The van der Waals surface area contributed by atoms with Crippen molar-refractivity contribution in [1.29, 1.82) is 5.26 Å². The van der Waals surface area contributed by atoms with Gasteiger partial charge in [-0.3, -0.25) is 14.2 Å². The van der Waals surface area contributed by atoms with Crippen molar-refractivity contribution in [1.82, 2.24) is 19.4 Å². The number of carbonyl (C=O) groups excluding carboxylic acids is 1. The number of nitriles is 1. The summed E-state index contributed by atoms with van der Waals surface area (Å²) in [6, 6.07) is 4.14. The summed E-state index contributed by atoms with van der Waals surface area (Å²) in [7, 11) is 0. The predicted octanol–water partition coefficient (Wildman–Crippen LogP) is 1.22. The highest BCUT2D eigenvalue weighted by Gasteiger charge is 2.32. The van der Waals surface area contributed by atoms with Gasteiger partial charge in [-0.05, 0) is 13.0 Å². The van der Waals surface area contributed by atoms with Crippen molar-refractivity contribution in [3.63, 3.8) is 0 Å². The van der Waals surface area contributed by atoms with Crippen LogP contribution in [0.2, 0.25) is 0 Å². The highest BCUT2D eigenvalue weighted by molar-refractivity contribution is 7.25. The molecule has 2 aliphatic heterocycles. The first-order valence-electron chi connectivity index (χ1n) is 9.68. The average molecular weight is 425 g/mol. The van der Waals surface area contributed by atoms with Crippen molar-refractivity contribution in [2.75, 3.05) is 26.3 Å². The topological polar surface area (TPSA) is 110 Å². The molecule has 1 fully saturated rings. The zero-order chi connectivity index (χ0) is 20.9. The van der Waals surface area contributed by atoms with Gasteiger partial charge in [0.15, 0.2) is 5.60 Å². The van der Waals surface area contributed by atoms with Crippen LogP contribution in [0.5, 0.6) is 0 Å². The van der Waals surface area contributed by atoms with E-state index in [1.165, 1.54) is 22.2 Å². The number of nitrogens with zero attached hydrogens (tertiary/aromatic N) is 5. The summed E-state index contributed by atoms with van der Waals surface area (Å²) in [5, 5.41) is 10.1. The molecule has 30 heavy (non-hydrogen) atoms. The third-order valence-corrected chi connectivity index (χ3v) is 6.64. The minimum atomic E-state index is -0.894. The number of hydrogen-bond donors (Lipinski definition) is 0. The number of amides is 1. The van der Waals surface area contributed by atoms with Gasteiger partial charge >= 0.3 is 0 Å². The van der Waals surface area contributed by atoms with Gasteiger partial charge < -0.3 is 14.4 Å². The molecule has 0 saturated carbocycles. The Labute approximate surface area is 175 Å². The summed E-state index contributed by atoms with van der Waals surface area (Å²) in [6.07, 6.45) is 1.83. The number of rotatable bonds is 2. The molecular weight excluding hydrogens is 406 g/mol. The van der Waals surface area contributed by atoms with Gasteiger partial charge in [0.2, 0.25) is 5.91 Å². The number of fused-ring (bicyclic) bond motifs is 4. The third kappa shape index (κ3) is 3.15. The Hall–Kier alpha value is -2.87. The molecule has 0 aliphatic carbocycles. The Balaban J connectivity index is 1.52. The van der Waals surface area contributed by atoms with Gasteiger partial charge in [0, 0.05) is 30.5 Å². The van der Waals surface area contributed by atoms with Crippen molar-refractivity contribution >= 4 is 37.7 Å². The number of pyridine rings is 1. The number of thiophene rings is 1. The fourth-order valence-electron chi connectivity index (χ4n) is 3.80.